The van der Waals surface area contributed by atoms with E-state index in [-0.39, 0.29) is 0 Å². The van der Waals surface area contributed by atoms with E-state index in [0.717, 1.165) is 12.2 Å². The molecular weight excluding hydrogens is 248 g/mol. The molecule has 1 atom stereocenters. The Morgan fingerprint density at radius 1 is 1.24 bits per heavy atom. The summed E-state index contributed by atoms with van der Waals surface area (Å²) in [5.74, 6) is 0. The molecule has 17 heavy (non-hydrogen) atoms. The summed E-state index contributed by atoms with van der Waals surface area (Å²) in [4.78, 5) is 0. The molecule has 0 bridgehead atoms. The van der Waals surface area contributed by atoms with Gasteiger partial charge in [0.25, 0.3) is 0 Å². The van der Waals surface area contributed by atoms with Crippen LogP contribution in [0.5, 0.6) is 0 Å². The van der Waals surface area contributed by atoms with Crippen LogP contribution in [0.25, 0.3) is 0 Å². The summed E-state index contributed by atoms with van der Waals surface area (Å²) in [6, 6.07) is 0. The minimum Gasteiger partial charge on any atom is -0.287 e. The quantitative estimate of drug-likeness (QED) is 0.738. The second-order valence-corrected chi connectivity index (χ2v) is 7.11. The number of piperidine rings is 1. The molecule has 0 aromatic heterocycles. The first kappa shape index (κ1) is 15.1. The minimum atomic E-state index is -4.49. The second-order valence-electron chi connectivity index (χ2n) is 5.67. The summed E-state index contributed by atoms with van der Waals surface area (Å²) < 4.78 is 33.4. The molecule has 1 rings (SSSR count). The van der Waals surface area contributed by atoms with E-state index in [9.17, 15) is 14.0 Å². The number of rotatable bonds is 3. The van der Waals surface area contributed by atoms with E-state index in [1.54, 1.807) is 27.7 Å². The summed E-state index contributed by atoms with van der Waals surface area (Å²) >= 11 is 0. The lowest BCUT2D eigenvalue weighted by atomic mass is 9.80. The molecule has 1 aliphatic rings. The van der Waals surface area contributed by atoms with Gasteiger partial charge >= 0.3 is 7.91 Å². The van der Waals surface area contributed by atoms with Crippen LogP contribution in [0.15, 0.2) is 0 Å². The van der Waals surface area contributed by atoms with Gasteiger partial charge in [-0.3, -0.25) is 9.05 Å². The minimum absolute atomic E-state index is 0.317. The maximum Gasteiger partial charge on any atom is 0.513 e. The smallest absolute Gasteiger partial charge is 0.287 e. The molecule has 0 aliphatic carbocycles. The Balaban J connectivity index is 2.82. The topological polar surface area (TPSA) is 58.7 Å². The number of halogens is 1. The molecule has 5 nitrogen and oxygen atoms in total. The molecule has 0 aromatic rings. The van der Waals surface area contributed by atoms with E-state index in [2.05, 4.69) is 4.52 Å². The van der Waals surface area contributed by atoms with Crippen molar-refractivity contribution in [3.05, 3.63) is 0 Å². The first-order valence-corrected chi connectivity index (χ1v) is 6.95. The number of hydrogen-bond acceptors (Lipinski definition) is 4. The van der Waals surface area contributed by atoms with E-state index in [4.69, 9.17) is 4.52 Å². The van der Waals surface area contributed by atoms with Crippen LogP contribution in [0.2, 0.25) is 0 Å². The maximum absolute atomic E-state index is 13.2. The number of hydrogen-bond donors (Lipinski definition) is 0. The Morgan fingerprint density at radius 2 is 1.65 bits per heavy atom. The average Bonchev–Trinajstić information content (AvgIpc) is 2.12. The molecule has 0 amide bonds. The third kappa shape index (κ3) is 3.48. The fraction of sp³-hybridized carbons (Fsp3) is 1.00. The fourth-order valence-corrected chi connectivity index (χ4v) is 3.06. The van der Waals surface area contributed by atoms with Gasteiger partial charge in [0.05, 0.1) is 6.10 Å². The van der Waals surface area contributed by atoms with Crippen LogP contribution in [0, 0.1) is 0 Å². The Hall–Kier alpha value is -0.0000000000000000139. The van der Waals surface area contributed by atoms with Crippen molar-refractivity contribution < 1.29 is 23.0 Å². The summed E-state index contributed by atoms with van der Waals surface area (Å²) in [6.45, 7) is 7.03. The number of hydroxylamine groups is 2. The normalized spacial score (nSPS) is 28.9. The molecule has 1 heterocycles. The van der Waals surface area contributed by atoms with Gasteiger partial charge in [0, 0.05) is 18.2 Å². The van der Waals surface area contributed by atoms with Crippen molar-refractivity contribution in [1.82, 2.24) is 5.06 Å². The molecule has 1 radical (unpaired) electrons. The van der Waals surface area contributed by atoms with Crippen LogP contribution >= 0.6 is 7.91 Å². The predicted molar refractivity (Wildman–Crippen MR) is 60.5 cm³/mol. The van der Waals surface area contributed by atoms with Crippen molar-refractivity contribution in [2.75, 3.05) is 7.11 Å². The summed E-state index contributed by atoms with van der Waals surface area (Å²) in [7, 11) is -3.50. The van der Waals surface area contributed by atoms with Crippen molar-refractivity contribution in [2.45, 2.75) is 57.7 Å². The molecule has 0 aromatic carbocycles. The van der Waals surface area contributed by atoms with Crippen molar-refractivity contribution in [3.63, 3.8) is 0 Å². The highest BCUT2D eigenvalue weighted by Crippen LogP contribution is 2.53. The van der Waals surface area contributed by atoms with Gasteiger partial charge in [-0.1, -0.05) is 0 Å². The van der Waals surface area contributed by atoms with Gasteiger partial charge in [0.1, 0.15) is 0 Å². The van der Waals surface area contributed by atoms with Crippen molar-refractivity contribution in [3.8, 4) is 0 Å². The van der Waals surface area contributed by atoms with Crippen LogP contribution in [-0.4, -0.2) is 29.4 Å². The monoisotopic (exact) mass is 268 g/mol. The van der Waals surface area contributed by atoms with Crippen molar-refractivity contribution in [1.29, 1.82) is 0 Å². The zero-order valence-electron chi connectivity index (χ0n) is 10.9. The van der Waals surface area contributed by atoms with E-state index in [1.807, 2.05) is 0 Å². The molecular formula is C10H20FNO4P. The Labute approximate surface area is 102 Å². The molecule has 0 saturated carbocycles. The molecule has 7 heteroatoms. The fourth-order valence-electron chi connectivity index (χ4n) is 2.47. The first-order valence-electron chi connectivity index (χ1n) is 5.51. The van der Waals surface area contributed by atoms with Crippen LogP contribution in [0.4, 0.5) is 4.20 Å². The molecule has 1 unspecified atom stereocenters. The van der Waals surface area contributed by atoms with Crippen LogP contribution < -0.4 is 0 Å². The largest absolute Gasteiger partial charge is 0.513 e. The van der Waals surface area contributed by atoms with Crippen molar-refractivity contribution >= 4 is 7.91 Å². The van der Waals surface area contributed by atoms with Crippen molar-refractivity contribution in [2.24, 2.45) is 0 Å². The zero-order chi connectivity index (χ0) is 13.5. The van der Waals surface area contributed by atoms with E-state index in [0.29, 0.717) is 12.8 Å². The Kier molecular flexibility index (Phi) is 4.07. The van der Waals surface area contributed by atoms with Gasteiger partial charge in [-0.15, -0.1) is 14.5 Å². The molecule has 101 valence electrons. The average molecular weight is 268 g/mol. The third-order valence-electron chi connectivity index (χ3n) is 3.05. The lowest BCUT2D eigenvalue weighted by Gasteiger charge is -2.49. The maximum atomic E-state index is 13.2. The Morgan fingerprint density at radius 3 is 2.00 bits per heavy atom. The van der Waals surface area contributed by atoms with Gasteiger partial charge in [0.2, 0.25) is 0 Å². The lowest BCUT2D eigenvalue weighted by molar-refractivity contribution is -0.297. The van der Waals surface area contributed by atoms with E-state index in [1.165, 1.54) is 0 Å². The molecule has 1 aliphatic heterocycles. The molecule has 0 N–H and O–H groups in total. The SMILES string of the molecule is COP(=O)(F)OC1CC(C)(C)N([O])C(C)(C)C1. The molecule has 0 spiro atoms. The Bertz CT molecular complexity index is 316. The highest BCUT2D eigenvalue weighted by Gasteiger charge is 2.48. The second kappa shape index (κ2) is 4.59. The van der Waals surface area contributed by atoms with Crippen LogP contribution in [0.1, 0.15) is 40.5 Å². The van der Waals surface area contributed by atoms with Crippen LogP contribution in [-0.2, 0) is 18.8 Å². The van der Waals surface area contributed by atoms with Crippen LogP contribution in [0.3, 0.4) is 0 Å². The standard InChI is InChI=1S/C10H20FNO4P/c1-9(2)6-8(16-17(11,14)15-5)7-10(3,4)12(9)13/h8H,6-7H2,1-5H3. The third-order valence-corrected chi connectivity index (χ3v) is 4.03. The highest BCUT2D eigenvalue weighted by molar-refractivity contribution is 7.48. The summed E-state index contributed by atoms with van der Waals surface area (Å²) in [5, 5.41) is 13.0. The highest BCUT2D eigenvalue weighted by atomic mass is 31.2. The number of nitrogens with zero attached hydrogens (tertiary/aromatic N) is 1. The van der Waals surface area contributed by atoms with Gasteiger partial charge < -0.3 is 0 Å². The van der Waals surface area contributed by atoms with Gasteiger partial charge in [-0.05, 0) is 40.5 Å². The molecule has 1 fully saturated rings. The summed E-state index contributed by atoms with van der Waals surface area (Å²) in [6.07, 6.45) is 0.0509. The lowest BCUT2D eigenvalue weighted by Crippen LogP contribution is -2.59. The van der Waals surface area contributed by atoms with Gasteiger partial charge in [-0.25, -0.2) is 4.57 Å². The van der Waals surface area contributed by atoms with Gasteiger partial charge in [-0.2, -0.15) is 0 Å². The zero-order valence-corrected chi connectivity index (χ0v) is 11.8. The summed E-state index contributed by atoms with van der Waals surface area (Å²) in [5.41, 5.74) is -1.36. The first-order chi connectivity index (χ1) is 7.50. The molecule has 1 saturated heterocycles. The van der Waals surface area contributed by atoms with E-state index >= 15 is 0 Å². The van der Waals surface area contributed by atoms with E-state index < -0.39 is 25.1 Å². The van der Waals surface area contributed by atoms with Gasteiger partial charge in [0.15, 0.2) is 0 Å². The predicted octanol–water partition coefficient (Wildman–Crippen LogP) is 3.09.